The molecule has 0 N–H and O–H groups in total. The molecule has 0 saturated heterocycles. The maximum atomic E-state index is 9.92. The van der Waals surface area contributed by atoms with Crippen molar-refractivity contribution in [1.29, 1.82) is 0 Å². The molecular formula is F6IrK-. The van der Waals surface area contributed by atoms with Crippen molar-refractivity contribution in [2.24, 2.45) is 0 Å². The van der Waals surface area contributed by atoms with Gasteiger partial charge < -0.3 is 0 Å². The van der Waals surface area contributed by atoms with Gasteiger partial charge >= 0.3 is 86.8 Å². The van der Waals surface area contributed by atoms with Crippen molar-refractivity contribution in [3.8, 4) is 0 Å². The topological polar surface area (TPSA) is 0 Å². The van der Waals surface area contributed by atoms with Crippen LogP contribution in [0.25, 0.3) is 0 Å². The van der Waals surface area contributed by atoms with Crippen LogP contribution in [0.15, 0.2) is 0 Å². The molecule has 0 aliphatic heterocycles. The Kier molecular flexibility index (Phi) is 3.02. The Morgan fingerprint density at radius 3 is 0.625 bits per heavy atom. The van der Waals surface area contributed by atoms with E-state index in [9.17, 15) is 19.5 Å². The summed E-state index contributed by atoms with van der Waals surface area (Å²) in [6.07, 6.45) is 0. The van der Waals surface area contributed by atoms with Gasteiger partial charge in [0.1, 0.15) is 0 Å². The van der Waals surface area contributed by atoms with Crippen LogP contribution in [-0.4, -0.2) is 0 Å². The van der Waals surface area contributed by atoms with Gasteiger partial charge in [0.2, 0.25) is 0 Å². The summed E-state index contributed by atoms with van der Waals surface area (Å²) < 4.78 is 59.5. The quantitative estimate of drug-likeness (QED) is 0.411. The Morgan fingerprint density at radius 2 is 0.625 bits per heavy atom. The molecule has 53 valence electrons. The van der Waals surface area contributed by atoms with Gasteiger partial charge in [-0.05, 0) is 0 Å². The van der Waals surface area contributed by atoms with E-state index in [0.29, 0.717) is 0 Å². The van der Waals surface area contributed by atoms with Crippen molar-refractivity contribution in [1.82, 2.24) is 0 Å². The maximum absolute atomic E-state index is 11.2. The Labute approximate surface area is 85.3 Å². The Hall–Kier alpha value is 1.87. The average molecular weight is 345 g/mol. The molecule has 8 heteroatoms. The summed E-state index contributed by atoms with van der Waals surface area (Å²) in [6, 6.07) is 0. The van der Waals surface area contributed by atoms with Crippen LogP contribution in [0.3, 0.4) is 0 Å². The van der Waals surface area contributed by atoms with Crippen LogP contribution in [0.5, 0.6) is 0 Å². The zero-order chi connectivity index (χ0) is 6.41. The number of hydrogen-bond acceptors (Lipinski definition) is 0. The molecule has 0 atom stereocenters. The summed E-state index contributed by atoms with van der Waals surface area (Å²) in [4.78, 5) is 0. The van der Waals surface area contributed by atoms with Crippen LogP contribution < -0.4 is 51.4 Å². The van der Waals surface area contributed by atoms with Crippen LogP contribution in [0.2, 0.25) is 0 Å². The van der Waals surface area contributed by atoms with Crippen LogP contribution in [0, 0.1) is 0 Å². The summed E-state index contributed by atoms with van der Waals surface area (Å²) in [7, 11) is 0. The van der Waals surface area contributed by atoms with Crippen molar-refractivity contribution in [2.75, 3.05) is 0 Å². The average Bonchev–Trinajstić information content (AvgIpc) is 0.592. The van der Waals surface area contributed by atoms with E-state index in [1.807, 2.05) is 0 Å². The molecular weight excluding hydrogens is 345 g/mol. The van der Waals surface area contributed by atoms with E-state index in [2.05, 4.69) is 0 Å². The van der Waals surface area contributed by atoms with E-state index in [1.165, 1.54) is 0 Å². The summed E-state index contributed by atoms with van der Waals surface area (Å²) in [6.45, 7) is 0. The van der Waals surface area contributed by atoms with Gasteiger partial charge in [0, 0.05) is 0 Å². The van der Waals surface area contributed by atoms with Crippen LogP contribution >= 0.6 is 0 Å². The molecule has 0 amide bonds. The van der Waals surface area contributed by atoms with Gasteiger partial charge in [0.05, 0.1) is 0 Å². The predicted octanol–water partition coefficient (Wildman–Crippen LogP) is -0.477. The minimum absolute atomic E-state index is 0. The van der Waals surface area contributed by atoms with Gasteiger partial charge in [-0.2, -0.15) is 0 Å². The van der Waals surface area contributed by atoms with E-state index in [4.69, 9.17) is 0 Å². The van der Waals surface area contributed by atoms with Crippen molar-refractivity contribution in [2.45, 2.75) is 0 Å². The minimum atomic E-state index is -11.2. The Balaban J connectivity index is 0. The second-order valence-electron chi connectivity index (χ2n) is 0.714. The monoisotopic (exact) mass is 346 g/mol. The van der Waals surface area contributed by atoms with Gasteiger partial charge in [-0.15, -0.1) is 0 Å². The molecule has 0 heterocycles. The predicted molar refractivity (Wildman–Crippen MR) is 6.65 cm³/mol. The molecule has 0 nitrogen and oxygen atoms in total. The second kappa shape index (κ2) is 1.93. The normalized spacial score (nSPS) is 20.2. The number of rotatable bonds is 0. The van der Waals surface area contributed by atoms with Crippen LogP contribution in [0.4, 0.5) is 19.5 Å². The van der Waals surface area contributed by atoms with Gasteiger partial charge in [-0.3, -0.25) is 0 Å². The van der Waals surface area contributed by atoms with E-state index in [1.54, 1.807) is 0 Å². The third kappa shape index (κ3) is 107. The van der Waals surface area contributed by atoms with E-state index in [0.717, 1.165) is 0 Å². The zero-order valence-corrected chi connectivity index (χ0v) is 9.12. The largest absolute Gasteiger partial charge is 1.00 e. The fourth-order valence-corrected chi connectivity index (χ4v) is 0. The number of hydrogen-bond donors (Lipinski definition) is 0. The smallest absolute Gasteiger partial charge is 1.00 e. The summed E-state index contributed by atoms with van der Waals surface area (Å²) in [5.74, 6) is 0. The zero-order valence-electron chi connectivity index (χ0n) is 3.60. The van der Waals surface area contributed by atoms with Crippen LogP contribution in [-0.2, 0) is 15.9 Å². The molecule has 0 aromatic carbocycles. The number of halogens is 6. The molecule has 0 rings (SSSR count). The fraction of sp³-hybridized carbons (Fsp3) is 0. The first kappa shape index (κ1) is 12.5. The Bertz CT molecular complexity index is 67.1. The van der Waals surface area contributed by atoms with Crippen molar-refractivity contribution < 1.29 is 86.8 Å². The SMILES string of the molecule is [F][Ir-2]([F])([F])([F])([F])[F].[K+]. The van der Waals surface area contributed by atoms with Crippen molar-refractivity contribution in [3.05, 3.63) is 0 Å². The molecule has 0 saturated carbocycles. The second-order valence-corrected chi connectivity index (χ2v) is 5.85. The van der Waals surface area contributed by atoms with E-state index >= 15 is 0 Å². The van der Waals surface area contributed by atoms with Crippen molar-refractivity contribution >= 4 is 0 Å². The maximum Gasteiger partial charge on any atom is 1.00 e. The molecule has 0 aliphatic rings. The molecule has 0 bridgehead atoms. The first-order chi connectivity index (χ1) is 2.45. The molecule has 0 fully saturated rings. The summed E-state index contributed by atoms with van der Waals surface area (Å²) in [5.41, 5.74) is 0. The van der Waals surface area contributed by atoms with E-state index in [-0.39, 0.29) is 51.4 Å². The third-order valence-corrected chi connectivity index (χ3v) is 0. The van der Waals surface area contributed by atoms with E-state index < -0.39 is 15.9 Å². The molecule has 8 heavy (non-hydrogen) atoms. The van der Waals surface area contributed by atoms with Gasteiger partial charge in [-0.25, -0.2) is 0 Å². The molecule has 0 spiro atoms. The van der Waals surface area contributed by atoms with Gasteiger partial charge in [-0.1, -0.05) is 0 Å². The fourth-order valence-electron chi connectivity index (χ4n) is 0. The van der Waals surface area contributed by atoms with Crippen molar-refractivity contribution in [3.63, 3.8) is 0 Å². The molecule has 0 aliphatic carbocycles. The van der Waals surface area contributed by atoms with Crippen LogP contribution in [0.1, 0.15) is 0 Å². The molecule has 0 radical (unpaired) electrons. The first-order valence-electron chi connectivity index (χ1n) is 0.756. The summed E-state index contributed by atoms with van der Waals surface area (Å²) in [5, 5.41) is 0. The Morgan fingerprint density at radius 1 is 0.625 bits per heavy atom. The standard InChI is InChI=1S/6FH.Ir.K/h6*1H;;/q;;;;;;+4;+1/p-6. The third-order valence-electron chi connectivity index (χ3n) is 0. The first-order valence-corrected chi connectivity index (χ1v) is 6.19. The van der Waals surface area contributed by atoms with Gasteiger partial charge in [0.25, 0.3) is 0 Å². The minimum Gasteiger partial charge on any atom is 1.00 e. The van der Waals surface area contributed by atoms with Gasteiger partial charge in [0.15, 0.2) is 0 Å². The summed E-state index contributed by atoms with van der Waals surface area (Å²) >= 11 is -11.2. The molecule has 0 aromatic heterocycles. The molecule has 0 aromatic rings. The molecule has 0 unspecified atom stereocenters.